The summed E-state index contributed by atoms with van der Waals surface area (Å²) in [6.45, 7) is -0.168. The minimum Gasteiger partial charge on any atom is -0.357 e. The van der Waals surface area contributed by atoms with Crippen molar-refractivity contribution in [2.75, 3.05) is 11.6 Å². The molecule has 9 nitrogen and oxygen atoms in total. The van der Waals surface area contributed by atoms with Crippen LogP contribution in [0.25, 0.3) is 0 Å². The van der Waals surface area contributed by atoms with Crippen molar-refractivity contribution in [3.63, 3.8) is 0 Å². The van der Waals surface area contributed by atoms with E-state index in [0.717, 1.165) is 6.26 Å². The number of aromatic nitrogens is 2. The Hall–Kier alpha value is -2.07. The Morgan fingerprint density at radius 2 is 2.24 bits per heavy atom. The first kappa shape index (κ1) is 15.3. The highest BCUT2D eigenvalue weighted by atomic mass is 32.2. The molecule has 2 amide bonds. The number of piperidine rings is 1. The number of nitrogens with zero attached hydrogens (tertiary/aromatic N) is 2. The molecule has 0 aromatic carbocycles. The molecular weight excluding hydrogens is 300 g/mol. The zero-order chi connectivity index (χ0) is 15.5. The van der Waals surface area contributed by atoms with E-state index in [2.05, 4.69) is 25.0 Å². The van der Waals surface area contributed by atoms with Gasteiger partial charge in [0.1, 0.15) is 11.9 Å². The molecule has 1 aliphatic rings. The van der Waals surface area contributed by atoms with Crippen LogP contribution in [0.3, 0.4) is 0 Å². The number of imide groups is 1. The van der Waals surface area contributed by atoms with Crippen molar-refractivity contribution in [3.05, 3.63) is 17.8 Å². The lowest BCUT2D eigenvalue weighted by molar-refractivity contribution is -0.133. The predicted octanol–water partition coefficient (Wildman–Crippen LogP) is -0.830. The van der Waals surface area contributed by atoms with Crippen LogP contribution in [-0.2, 0) is 30.5 Å². The number of hydrogen-bond acceptors (Lipinski definition) is 8. The maximum atomic E-state index is 11.6. The lowest BCUT2D eigenvalue weighted by Gasteiger charge is -2.22. The Balaban J connectivity index is 2.01. The summed E-state index contributed by atoms with van der Waals surface area (Å²) in [4.78, 5) is 22.6. The Morgan fingerprint density at radius 3 is 2.90 bits per heavy atom. The summed E-state index contributed by atoms with van der Waals surface area (Å²) in [5, 5.41) is 12.6. The van der Waals surface area contributed by atoms with E-state index >= 15 is 0 Å². The van der Waals surface area contributed by atoms with Gasteiger partial charge in [0.15, 0.2) is 0 Å². The fourth-order valence-corrected chi connectivity index (χ4v) is 2.09. The van der Waals surface area contributed by atoms with E-state index in [4.69, 9.17) is 0 Å². The van der Waals surface area contributed by atoms with Crippen LogP contribution in [0, 0.1) is 0 Å². The summed E-state index contributed by atoms with van der Waals surface area (Å²) in [6.07, 6.45) is 2.91. The van der Waals surface area contributed by atoms with Crippen LogP contribution in [0.1, 0.15) is 18.4 Å². The number of carbonyl (C=O) groups is 2. The second kappa shape index (κ2) is 6.14. The standard InChI is InChI=1S/C11H14N4O5S/c1-21(18,19)20-6-7-4-9(15-12-5-7)13-8-2-3-10(16)14-11(8)17/h4-5,8H,2-3,6H2,1H3,(H,13,15)(H,14,16,17). The topological polar surface area (TPSA) is 127 Å². The van der Waals surface area contributed by atoms with Crippen molar-refractivity contribution in [3.8, 4) is 0 Å². The van der Waals surface area contributed by atoms with Crippen LogP contribution in [0.5, 0.6) is 0 Å². The van der Waals surface area contributed by atoms with Crippen LogP contribution in [0.4, 0.5) is 5.82 Å². The lowest BCUT2D eigenvalue weighted by Crippen LogP contribution is -2.47. The average Bonchev–Trinajstić information content (AvgIpc) is 2.39. The van der Waals surface area contributed by atoms with E-state index < -0.39 is 22.1 Å². The van der Waals surface area contributed by atoms with Crippen molar-refractivity contribution < 1.29 is 22.2 Å². The molecule has 1 fully saturated rings. The molecule has 0 spiro atoms. The molecule has 21 heavy (non-hydrogen) atoms. The van der Waals surface area contributed by atoms with Gasteiger partial charge in [-0.05, 0) is 12.5 Å². The maximum Gasteiger partial charge on any atom is 0.264 e. The molecule has 1 atom stereocenters. The van der Waals surface area contributed by atoms with Crippen molar-refractivity contribution in [1.82, 2.24) is 15.5 Å². The van der Waals surface area contributed by atoms with Crippen LogP contribution >= 0.6 is 0 Å². The molecule has 1 aliphatic heterocycles. The number of nitrogens with one attached hydrogen (secondary N) is 2. The van der Waals surface area contributed by atoms with Crippen LogP contribution in [-0.4, -0.2) is 42.7 Å². The van der Waals surface area contributed by atoms with E-state index in [1.54, 1.807) is 0 Å². The monoisotopic (exact) mass is 314 g/mol. The molecule has 1 saturated heterocycles. The molecule has 0 saturated carbocycles. The molecule has 1 unspecified atom stereocenters. The zero-order valence-corrected chi connectivity index (χ0v) is 12.0. The smallest absolute Gasteiger partial charge is 0.264 e. The molecule has 1 aromatic heterocycles. The summed E-state index contributed by atoms with van der Waals surface area (Å²) in [7, 11) is -3.55. The van der Waals surface area contributed by atoms with Crippen molar-refractivity contribution >= 4 is 27.8 Å². The first-order valence-corrected chi connectivity index (χ1v) is 7.91. The Morgan fingerprint density at radius 1 is 1.48 bits per heavy atom. The van der Waals surface area contributed by atoms with E-state index in [9.17, 15) is 18.0 Å². The number of amides is 2. The second-order valence-electron chi connectivity index (χ2n) is 4.56. The highest BCUT2D eigenvalue weighted by Gasteiger charge is 2.26. The fourth-order valence-electron chi connectivity index (χ4n) is 1.74. The number of hydrogen-bond donors (Lipinski definition) is 2. The SMILES string of the molecule is CS(=O)(=O)OCc1cnnc(NC2CCC(=O)NC2=O)c1. The number of carbonyl (C=O) groups excluding carboxylic acids is 2. The van der Waals surface area contributed by atoms with Crippen molar-refractivity contribution in [1.29, 1.82) is 0 Å². The highest BCUT2D eigenvalue weighted by molar-refractivity contribution is 7.85. The minimum atomic E-state index is -3.55. The van der Waals surface area contributed by atoms with Crippen molar-refractivity contribution in [2.24, 2.45) is 0 Å². The number of rotatable bonds is 5. The quantitative estimate of drug-likeness (QED) is 0.532. The third-order valence-corrected chi connectivity index (χ3v) is 3.26. The molecule has 0 radical (unpaired) electrons. The van der Waals surface area contributed by atoms with Gasteiger partial charge >= 0.3 is 0 Å². The molecule has 0 aliphatic carbocycles. The highest BCUT2D eigenvalue weighted by Crippen LogP contribution is 2.13. The van der Waals surface area contributed by atoms with Gasteiger partial charge in [-0.25, -0.2) is 0 Å². The van der Waals surface area contributed by atoms with Crippen molar-refractivity contribution in [2.45, 2.75) is 25.5 Å². The minimum absolute atomic E-state index is 0.168. The van der Waals surface area contributed by atoms with E-state index in [-0.39, 0.29) is 18.9 Å². The normalized spacial score (nSPS) is 19.2. The Labute approximate surface area is 121 Å². The molecule has 0 bridgehead atoms. The summed E-state index contributed by atoms with van der Waals surface area (Å²) in [5.74, 6) is -0.427. The first-order valence-electron chi connectivity index (χ1n) is 6.10. The van der Waals surface area contributed by atoms with Gasteiger partial charge in [0, 0.05) is 12.0 Å². The first-order chi connectivity index (χ1) is 9.83. The molecule has 2 rings (SSSR count). The van der Waals surface area contributed by atoms with Gasteiger partial charge < -0.3 is 5.32 Å². The van der Waals surface area contributed by atoms with E-state index in [1.165, 1.54) is 12.3 Å². The Kier molecular flexibility index (Phi) is 4.48. The fraction of sp³-hybridized carbons (Fsp3) is 0.455. The van der Waals surface area contributed by atoms with Crippen LogP contribution in [0.15, 0.2) is 12.3 Å². The largest absolute Gasteiger partial charge is 0.357 e. The maximum absolute atomic E-state index is 11.6. The molecule has 1 aromatic rings. The third-order valence-electron chi connectivity index (χ3n) is 2.71. The van der Waals surface area contributed by atoms with Gasteiger partial charge in [0.25, 0.3) is 10.1 Å². The average molecular weight is 314 g/mol. The van der Waals surface area contributed by atoms with Gasteiger partial charge in [0.05, 0.1) is 19.1 Å². The molecular formula is C11H14N4O5S. The van der Waals surface area contributed by atoms with Gasteiger partial charge in [-0.15, -0.1) is 5.10 Å². The molecule has 2 N–H and O–H groups in total. The van der Waals surface area contributed by atoms with Crippen LogP contribution < -0.4 is 10.6 Å². The second-order valence-corrected chi connectivity index (χ2v) is 6.21. The molecule has 10 heteroatoms. The summed E-state index contributed by atoms with van der Waals surface area (Å²) in [5.41, 5.74) is 0.491. The van der Waals surface area contributed by atoms with Gasteiger partial charge in [-0.3, -0.25) is 19.1 Å². The van der Waals surface area contributed by atoms with Gasteiger partial charge in [-0.1, -0.05) is 0 Å². The van der Waals surface area contributed by atoms with E-state index in [1.807, 2.05) is 0 Å². The summed E-state index contributed by atoms with van der Waals surface area (Å²) in [6, 6.07) is 0.949. The lowest BCUT2D eigenvalue weighted by atomic mass is 10.1. The number of anilines is 1. The Bertz CT molecular complexity index is 660. The molecule has 114 valence electrons. The van der Waals surface area contributed by atoms with Gasteiger partial charge in [-0.2, -0.15) is 13.5 Å². The summed E-state index contributed by atoms with van der Waals surface area (Å²) < 4.78 is 26.5. The van der Waals surface area contributed by atoms with E-state index in [0.29, 0.717) is 17.8 Å². The van der Waals surface area contributed by atoms with Crippen LogP contribution in [0.2, 0.25) is 0 Å². The molecule has 2 heterocycles. The predicted molar refractivity (Wildman–Crippen MR) is 71.5 cm³/mol. The zero-order valence-electron chi connectivity index (χ0n) is 11.2. The van der Waals surface area contributed by atoms with Gasteiger partial charge in [0.2, 0.25) is 11.8 Å². The summed E-state index contributed by atoms with van der Waals surface area (Å²) >= 11 is 0. The third kappa shape index (κ3) is 4.76.